The molecule has 1 aromatic carbocycles. The van der Waals surface area contributed by atoms with Crippen LogP contribution in [0.1, 0.15) is 37.0 Å². The number of rotatable bonds is 6. The molecule has 0 aromatic heterocycles. The van der Waals surface area contributed by atoms with Gasteiger partial charge in [-0.2, -0.15) is 5.26 Å². The quantitative estimate of drug-likeness (QED) is 0.827. The zero-order valence-electron chi connectivity index (χ0n) is 11.0. The SMILES string of the molecule is CC(C)(CCC#N)CNc1ccc(F)c(C(=O)O)c1. The van der Waals surface area contributed by atoms with Crippen LogP contribution in [0.15, 0.2) is 18.2 Å². The lowest BCUT2D eigenvalue weighted by atomic mass is 9.88. The number of hydrogen-bond acceptors (Lipinski definition) is 3. The van der Waals surface area contributed by atoms with Crippen molar-refractivity contribution in [3.63, 3.8) is 0 Å². The van der Waals surface area contributed by atoms with Crippen molar-refractivity contribution in [3.05, 3.63) is 29.6 Å². The molecule has 1 aromatic rings. The topological polar surface area (TPSA) is 73.1 Å². The van der Waals surface area contributed by atoms with Crippen molar-refractivity contribution in [2.45, 2.75) is 26.7 Å². The minimum Gasteiger partial charge on any atom is -0.478 e. The fourth-order valence-corrected chi connectivity index (χ4v) is 1.62. The number of halogens is 1. The number of carboxylic acids is 1. The highest BCUT2D eigenvalue weighted by Crippen LogP contribution is 2.23. The highest BCUT2D eigenvalue weighted by atomic mass is 19.1. The van der Waals surface area contributed by atoms with E-state index in [-0.39, 0.29) is 11.0 Å². The Morgan fingerprint density at radius 3 is 2.79 bits per heavy atom. The molecule has 0 radical (unpaired) electrons. The van der Waals surface area contributed by atoms with Gasteiger partial charge in [-0.1, -0.05) is 13.8 Å². The van der Waals surface area contributed by atoms with Crippen LogP contribution in [-0.4, -0.2) is 17.6 Å². The first-order chi connectivity index (χ1) is 8.85. The number of carbonyl (C=O) groups is 1. The van der Waals surface area contributed by atoms with Crippen molar-refractivity contribution in [1.29, 1.82) is 5.26 Å². The fraction of sp³-hybridized carbons (Fsp3) is 0.429. The Balaban J connectivity index is 2.71. The van der Waals surface area contributed by atoms with E-state index in [4.69, 9.17) is 10.4 Å². The van der Waals surface area contributed by atoms with E-state index < -0.39 is 11.8 Å². The van der Waals surface area contributed by atoms with Gasteiger partial charge < -0.3 is 10.4 Å². The van der Waals surface area contributed by atoms with Gasteiger partial charge in [-0.25, -0.2) is 9.18 Å². The van der Waals surface area contributed by atoms with Crippen molar-refractivity contribution in [2.75, 3.05) is 11.9 Å². The van der Waals surface area contributed by atoms with Gasteiger partial charge in [0.1, 0.15) is 5.82 Å². The number of carboxylic acid groups (broad SMARTS) is 1. The largest absolute Gasteiger partial charge is 0.478 e. The average molecular weight is 264 g/mol. The summed E-state index contributed by atoms with van der Waals surface area (Å²) in [5.41, 5.74) is 0.122. The van der Waals surface area contributed by atoms with Crippen LogP contribution in [-0.2, 0) is 0 Å². The number of nitrogens with zero attached hydrogens (tertiary/aromatic N) is 1. The third-order valence-electron chi connectivity index (χ3n) is 2.88. The number of benzene rings is 1. The molecular weight excluding hydrogens is 247 g/mol. The third-order valence-corrected chi connectivity index (χ3v) is 2.88. The average Bonchev–Trinajstić information content (AvgIpc) is 2.35. The van der Waals surface area contributed by atoms with E-state index in [1.54, 1.807) is 0 Å². The number of nitrogens with one attached hydrogen (secondary N) is 1. The summed E-state index contributed by atoms with van der Waals surface area (Å²) in [5, 5.41) is 20.5. The van der Waals surface area contributed by atoms with Crippen LogP contribution >= 0.6 is 0 Å². The summed E-state index contributed by atoms with van der Waals surface area (Å²) in [7, 11) is 0. The summed E-state index contributed by atoms with van der Waals surface area (Å²) in [4.78, 5) is 10.8. The summed E-state index contributed by atoms with van der Waals surface area (Å²) in [6, 6.07) is 6.01. The maximum atomic E-state index is 13.2. The molecule has 0 atom stereocenters. The second kappa shape index (κ2) is 6.19. The van der Waals surface area contributed by atoms with Gasteiger partial charge in [-0.3, -0.25) is 0 Å². The van der Waals surface area contributed by atoms with Crippen LogP contribution in [0.3, 0.4) is 0 Å². The number of aromatic carboxylic acids is 1. The van der Waals surface area contributed by atoms with E-state index >= 15 is 0 Å². The number of anilines is 1. The molecule has 0 unspecified atom stereocenters. The van der Waals surface area contributed by atoms with Gasteiger partial charge in [0.2, 0.25) is 0 Å². The standard InChI is InChI=1S/C14H17FN2O2/c1-14(2,6-3-7-16)9-17-10-4-5-12(15)11(8-10)13(18)19/h4-5,8,17H,3,6,9H2,1-2H3,(H,18,19). The Kier molecular flexibility index (Phi) is 4.87. The molecule has 102 valence electrons. The summed E-state index contributed by atoms with van der Waals surface area (Å²) >= 11 is 0. The molecule has 2 N–H and O–H groups in total. The molecule has 0 heterocycles. The smallest absolute Gasteiger partial charge is 0.338 e. The van der Waals surface area contributed by atoms with Gasteiger partial charge in [-0.15, -0.1) is 0 Å². The summed E-state index contributed by atoms with van der Waals surface area (Å²) in [5.74, 6) is -2.04. The van der Waals surface area contributed by atoms with Gasteiger partial charge in [0.25, 0.3) is 0 Å². The molecule has 0 spiro atoms. The van der Waals surface area contributed by atoms with Crippen molar-refractivity contribution < 1.29 is 14.3 Å². The second-order valence-electron chi connectivity index (χ2n) is 5.18. The number of hydrogen-bond donors (Lipinski definition) is 2. The van der Waals surface area contributed by atoms with Crippen LogP contribution in [0, 0.1) is 22.6 Å². The Labute approximate surface area is 111 Å². The van der Waals surface area contributed by atoms with Crippen molar-refractivity contribution in [3.8, 4) is 6.07 Å². The summed E-state index contributed by atoms with van der Waals surface area (Å²) in [6.45, 7) is 4.61. The van der Waals surface area contributed by atoms with Crippen molar-refractivity contribution >= 4 is 11.7 Å². The minimum absolute atomic E-state index is 0.0898. The monoisotopic (exact) mass is 264 g/mol. The van der Waals surface area contributed by atoms with E-state index in [9.17, 15) is 9.18 Å². The van der Waals surface area contributed by atoms with Crippen LogP contribution in [0.2, 0.25) is 0 Å². The molecule has 0 saturated carbocycles. The van der Waals surface area contributed by atoms with E-state index in [2.05, 4.69) is 11.4 Å². The molecule has 0 fully saturated rings. The van der Waals surface area contributed by atoms with E-state index in [1.165, 1.54) is 12.1 Å². The lowest BCUT2D eigenvalue weighted by Gasteiger charge is -2.24. The van der Waals surface area contributed by atoms with Crippen molar-refractivity contribution in [1.82, 2.24) is 0 Å². The van der Waals surface area contributed by atoms with Crippen LogP contribution in [0.4, 0.5) is 10.1 Å². The predicted octanol–water partition coefficient (Wildman–Crippen LogP) is 3.27. The zero-order chi connectivity index (χ0) is 14.5. The molecule has 0 saturated heterocycles. The first-order valence-corrected chi connectivity index (χ1v) is 5.99. The minimum atomic E-state index is -1.29. The molecule has 0 aliphatic heterocycles. The molecule has 4 nitrogen and oxygen atoms in total. The first-order valence-electron chi connectivity index (χ1n) is 5.99. The highest BCUT2D eigenvalue weighted by Gasteiger charge is 2.18. The Hall–Kier alpha value is -2.09. The maximum absolute atomic E-state index is 13.2. The lowest BCUT2D eigenvalue weighted by molar-refractivity contribution is 0.0692. The Morgan fingerprint density at radius 1 is 1.53 bits per heavy atom. The second-order valence-corrected chi connectivity index (χ2v) is 5.18. The predicted molar refractivity (Wildman–Crippen MR) is 70.5 cm³/mol. The molecule has 19 heavy (non-hydrogen) atoms. The molecule has 0 aliphatic carbocycles. The number of nitriles is 1. The zero-order valence-corrected chi connectivity index (χ0v) is 11.0. The van der Waals surface area contributed by atoms with Crippen LogP contribution in [0.25, 0.3) is 0 Å². The molecule has 0 amide bonds. The molecule has 5 heteroatoms. The fourth-order valence-electron chi connectivity index (χ4n) is 1.62. The summed E-state index contributed by atoms with van der Waals surface area (Å²) < 4.78 is 13.2. The van der Waals surface area contributed by atoms with Crippen LogP contribution < -0.4 is 5.32 Å². The molecule has 0 aliphatic rings. The summed E-state index contributed by atoms with van der Waals surface area (Å²) in [6.07, 6.45) is 1.21. The lowest BCUT2D eigenvalue weighted by Crippen LogP contribution is -2.23. The van der Waals surface area contributed by atoms with Crippen molar-refractivity contribution in [2.24, 2.45) is 5.41 Å². The van der Waals surface area contributed by atoms with Gasteiger partial charge in [-0.05, 0) is 30.0 Å². The maximum Gasteiger partial charge on any atom is 0.338 e. The third kappa shape index (κ3) is 4.59. The van der Waals surface area contributed by atoms with Gasteiger partial charge >= 0.3 is 5.97 Å². The van der Waals surface area contributed by atoms with E-state index in [0.717, 1.165) is 12.5 Å². The molecule has 1 rings (SSSR count). The normalized spacial score (nSPS) is 10.8. The van der Waals surface area contributed by atoms with Crippen LogP contribution in [0.5, 0.6) is 0 Å². The Morgan fingerprint density at radius 2 is 2.21 bits per heavy atom. The van der Waals surface area contributed by atoms with E-state index in [1.807, 2.05) is 13.8 Å². The van der Waals surface area contributed by atoms with E-state index in [0.29, 0.717) is 18.7 Å². The molecular formula is C14H17FN2O2. The van der Waals surface area contributed by atoms with Gasteiger partial charge in [0.05, 0.1) is 11.6 Å². The van der Waals surface area contributed by atoms with Gasteiger partial charge in [0, 0.05) is 18.7 Å². The molecule has 0 bridgehead atoms. The van der Waals surface area contributed by atoms with Gasteiger partial charge in [0.15, 0.2) is 0 Å². The highest BCUT2D eigenvalue weighted by molar-refractivity contribution is 5.89. The first kappa shape index (κ1) is 15.0. The Bertz CT molecular complexity index is 507.